The molecule has 1 aromatic carbocycles. The molecule has 0 saturated carbocycles. The number of carbonyl (C=O) groups excluding carboxylic acids is 1. The van der Waals surface area contributed by atoms with Crippen LogP contribution in [-0.2, 0) is 17.6 Å². The van der Waals surface area contributed by atoms with Crippen molar-refractivity contribution in [2.75, 3.05) is 6.61 Å². The molecule has 27 heavy (non-hydrogen) atoms. The Labute approximate surface area is 168 Å². The summed E-state index contributed by atoms with van der Waals surface area (Å²) in [6.45, 7) is 2.04. The van der Waals surface area contributed by atoms with E-state index in [0.717, 1.165) is 36.1 Å². The molecule has 1 N–H and O–H groups in total. The van der Waals surface area contributed by atoms with E-state index < -0.39 is 16.4 Å². The Morgan fingerprint density at radius 1 is 1.44 bits per heavy atom. The van der Waals surface area contributed by atoms with E-state index in [1.807, 2.05) is 0 Å². The summed E-state index contributed by atoms with van der Waals surface area (Å²) >= 11 is 4.57. The highest BCUT2D eigenvalue weighted by atomic mass is 79.9. The molecule has 1 heterocycles. The van der Waals surface area contributed by atoms with Gasteiger partial charge in [-0.1, -0.05) is 0 Å². The number of hydrogen-bond donors (Lipinski definition) is 1. The Morgan fingerprint density at radius 2 is 2.19 bits per heavy atom. The number of phenolic OH excluding ortho intramolecular Hbond substituents is 1. The Morgan fingerprint density at radius 3 is 2.89 bits per heavy atom. The first-order valence-corrected chi connectivity index (χ1v) is 10.1. The van der Waals surface area contributed by atoms with Crippen molar-refractivity contribution in [2.24, 2.45) is 4.99 Å². The minimum Gasteiger partial charge on any atom is -0.501 e. The molecule has 3 rings (SSSR count). The Balaban J connectivity index is 2.01. The largest absolute Gasteiger partial charge is 0.501 e. The molecule has 1 aliphatic rings. The second kappa shape index (κ2) is 8.18. The summed E-state index contributed by atoms with van der Waals surface area (Å²) in [4.78, 5) is 28.4. The first kappa shape index (κ1) is 19.5. The summed E-state index contributed by atoms with van der Waals surface area (Å²) < 4.78 is 5.40. The molecular weight excluding hydrogens is 436 g/mol. The van der Waals surface area contributed by atoms with Crippen LogP contribution in [0.2, 0.25) is 0 Å². The van der Waals surface area contributed by atoms with Gasteiger partial charge in [0.1, 0.15) is 5.00 Å². The van der Waals surface area contributed by atoms with Gasteiger partial charge in [0.15, 0.2) is 0 Å². The van der Waals surface area contributed by atoms with Gasteiger partial charge < -0.3 is 9.84 Å². The zero-order valence-electron chi connectivity index (χ0n) is 14.5. The summed E-state index contributed by atoms with van der Waals surface area (Å²) in [5.74, 6) is -0.821. The van der Waals surface area contributed by atoms with Gasteiger partial charge in [0.05, 0.1) is 21.6 Å². The van der Waals surface area contributed by atoms with Gasteiger partial charge in [-0.15, -0.1) is 11.3 Å². The standard InChI is InChI=1S/C18H17BrN2O5S/c1-2-26-18(23)15-11-5-3-4-6-14(11)27-17(15)20-9-10-7-12(19)16(22)13(8-10)21(24)25/h7-9,22H,2-6H2,1H3. The fraction of sp³-hybridized carbons (Fsp3) is 0.333. The lowest BCUT2D eigenvalue weighted by atomic mass is 9.95. The highest BCUT2D eigenvalue weighted by Gasteiger charge is 2.26. The molecule has 0 unspecified atom stereocenters. The van der Waals surface area contributed by atoms with E-state index in [1.165, 1.54) is 29.7 Å². The number of ether oxygens (including phenoxy) is 1. The van der Waals surface area contributed by atoms with Gasteiger partial charge in [-0.3, -0.25) is 10.1 Å². The molecule has 1 aliphatic carbocycles. The monoisotopic (exact) mass is 452 g/mol. The van der Waals surface area contributed by atoms with Crippen molar-refractivity contribution in [3.05, 3.63) is 48.3 Å². The number of aromatic hydroxyl groups is 1. The Kier molecular flexibility index (Phi) is 5.91. The topological polar surface area (TPSA) is 102 Å². The fourth-order valence-electron chi connectivity index (χ4n) is 3.01. The molecule has 142 valence electrons. The molecule has 2 aromatic rings. The van der Waals surface area contributed by atoms with Crippen molar-refractivity contribution < 1.29 is 19.6 Å². The predicted octanol–water partition coefficient (Wildman–Crippen LogP) is 4.93. The van der Waals surface area contributed by atoms with Crippen molar-refractivity contribution in [1.82, 2.24) is 0 Å². The SMILES string of the molecule is CCOC(=O)c1c(N=Cc2cc(Br)c(O)c([N+](=O)[O-])c2)sc2c1CCCC2. The average molecular weight is 453 g/mol. The smallest absolute Gasteiger partial charge is 0.341 e. The van der Waals surface area contributed by atoms with Crippen molar-refractivity contribution in [3.8, 4) is 5.75 Å². The molecule has 0 spiro atoms. The van der Waals surface area contributed by atoms with Crippen LogP contribution in [0.3, 0.4) is 0 Å². The molecule has 9 heteroatoms. The third-order valence-electron chi connectivity index (χ3n) is 4.23. The lowest BCUT2D eigenvalue weighted by molar-refractivity contribution is -0.386. The number of esters is 1. The van der Waals surface area contributed by atoms with Crippen LogP contribution in [-0.4, -0.2) is 28.8 Å². The lowest BCUT2D eigenvalue weighted by Crippen LogP contribution is -2.09. The summed E-state index contributed by atoms with van der Waals surface area (Å²) in [6.07, 6.45) is 5.30. The van der Waals surface area contributed by atoms with Crippen LogP contribution in [0.5, 0.6) is 5.75 Å². The molecule has 0 amide bonds. The number of hydrogen-bond acceptors (Lipinski definition) is 7. The average Bonchev–Trinajstić information content (AvgIpc) is 3.01. The number of aliphatic imine (C=N–C) groups is 1. The first-order chi connectivity index (χ1) is 12.9. The van der Waals surface area contributed by atoms with E-state index in [1.54, 1.807) is 6.92 Å². The maximum Gasteiger partial charge on any atom is 0.341 e. The molecule has 0 radical (unpaired) electrons. The van der Waals surface area contributed by atoms with Gasteiger partial charge in [-0.05, 0) is 60.2 Å². The molecule has 0 aliphatic heterocycles. The van der Waals surface area contributed by atoms with E-state index >= 15 is 0 Å². The maximum absolute atomic E-state index is 12.4. The van der Waals surface area contributed by atoms with Crippen molar-refractivity contribution in [3.63, 3.8) is 0 Å². The third kappa shape index (κ3) is 4.03. The highest BCUT2D eigenvalue weighted by molar-refractivity contribution is 9.10. The van der Waals surface area contributed by atoms with Crippen LogP contribution in [0, 0.1) is 10.1 Å². The van der Waals surface area contributed by atoms with E-state index in [-0.39, 0.29) is 17.0 Å². The second-order valence-corrected chi connectivity index (χ2v) is 7.94. The normalized spacial score (nSPS) is 13.6. The summed E-state index contributed by atoms with van der Waals surface area (Å²) in [5, 5.41) is 21.4. The summed E-state index contributed by atoms with van der Waals surface area (Å²) in [7, 11) is 0. The number of phenols is 1. The van der Waals surface area contributed by atoms with Crippen molar-refractivity contribution >= 4 is 50.1 Å². The number of halogens is 1. The zero-order chi connectivity index (χ0) is 19.6. The Bertz CT molecular complexity index is 938. The molecule has 0 saturated heterocycles. The van der Waals surface area contributed by atoms with Crippen LogP contribution in [0.25, 0.3) is 0 Å². The number of nitro groups is 1. The van der Waals surface area contributed by atoms with Crippen molar-refractivity contribution in [2.45, 2.75) is 32.6 Å². The summed E-state index contributed by atoms with van der Waals surface area (Å²) in [5.41, 5.74) is 1.53. The minimum atomic E-state index is -0.661. The Hall–Kier alpha value is -2.26. The van der Waals surface area contributed by atoms with Crippen LogP contribution >= 0.6 is 27.3 Å². The van der Waals surface area contributed by atoms with Crippen LogP contribution in [0.1, 0.15) is 46.1 Å². The number of rotatable bonds is 5. The summed E-state index contributed by atoms with van der Waals surface area (Å²) in [6, 6.07) is 2.77. The quantitative estimate of drug-likeness (QED) is 0.299. The van der Waals surface area contributed by atoms with E-state index in [2.05, 4.69) is 20.9 Å². The van der Waals surface area contributed by atoms with Crippen molar-refractivity contribution in [1.29, 1.82) is 0 Å². The molecule has 0 atom stereocenters. The minimum absolute atomic E-state index is 0.203. The molecule has 0 fully saturated rings. The van der Waals surface area contributed by atoms with Gasteiger partial charge >= 0.3 is 11.7 Å². The van der Waals surface area contributed by atoms with Crippen LogP contribution in [0.4, 0.5) is 10.7 Å². The molecule has 0 bridgehead atoms. The number of fused-ring (bicyclic) bond motifs is 1. The van der Waals surface area contributed by atoms with Gasteiger partial charge in [0, 0.05) is 22.7 Å². The first-order valence-electron chi connectivity index (χ1n) is 8.45. The van der Waals surface area contributed by atoms with E-state index in [9.17, 15) is 20.0 Å². The van der Waals surface area contributed by atoms with Gasteiger partial charge in [-0.2, -0.15) is 0 Å². The molecule has 1 aromatic heterocycles. The second-order valence-electron chi connectivity index (χ2n) is 6.00. The van der Waals surface area contributed by atoms with E-state index in [4.69, 9.17) is 4.74 Å². The van der Waals surface area contributed by atoms with Crippen LogP contribution in [0.15, 0.2) is 21.6 Å². The number of carbonyl (C=O) groups is 1. The number of nitrogens with zero attached hydrogens (tertiary/aromatic N) is 2. The fourth-order valence-corrected chi connectivity index (χ4v) is 4.70. The predicted molar refractivity (Wildman–Crippen MR) is 107 cm³/mol. The number of benzene rings is 1. The molecule has 7 nitrogen and oxygen atoms in total. The lowest BCUT2D eigenvalue weighted by Gasteiger charge is -2.11. The number of aryl methyl sites for hydroxylation is 1. The molecular formula is C18H17BrN2O5S. The number of thiophene rings is 1. The van der Waals surface area contributed by atoms with Gasteiger partial charge in [-0.25, -0.2) is 9.79 Å². The van der Waals surface area contributed by atoms with Gasteiger partial charge in [0.25, 0.3) is 0 Å². The van der Waals surface area contributed by atoms with Crippen LogP contribution < -0.4 is 0 Å². The maximum atomic E-state index is 12.4. The van der Waals surface area contributed by atoms with E-state index in [0.29, 0.717) is 16.1 Å². The highest BCUT2D eigenvalue weighted by Crippen LogP contribution is 2.40. The van der Waals surface area contributed by atoms with Gasteiger partial charge in [0.2, 0.25) is 5.75 Å². The number of nitro benzene ring substituents is 1. The third-order valence-corrected chi connectivity index (χ3v) is 6.03. The zero-order valence-corrected chi connectivity index (χ0v) is 16.9.